The number of aliphatic hydroxyl groups excluding tert-OH is 2. The molecule has 0 fully saturated rings. The number of hydrogen-bond acceptors (Lipinski definition) is 4. The van der Waals surface area contributed by atoms with Gasteiger partial charge in [-0.3, -0.25) is 9.69 Å². The van der Waals surface area contributed by atoms with Gasteiger partial charge in [-0.25, -0.2) is 0 Å². The normalized spacial score (nSPS) is 11.7. The molecule has 1 aromatic rings. The average molecular weight is 306 g/mol. The monoisotopic (exact) mass is 306 g/mol. The van der Waals surface area contributed by atoms with E-state index in [1.165, 1.54) is 17.0 Å². The third-order valence-electron chi connectivity index (χ3n) is 2.67. The molecule has 0 bridgehead atoms. The van der Waals surface area contributed by atoms with Gasteiger partial charge in [-0.2, -0.15) is 13.2 Å². The number of alkyl halides is 3. The Labute approximate surface area is 120 Å². The maximum Gasteiger partial charge on any atom is 0.416 e. The molecule has 0 heterocycles. The van der Waals surface area contributed by atoms with E-state index in [0.29, 0.717) is 0 Å². The molecule has 1 rings (SSSR count). The number of rotatable bonds is 7. The zero-order valence-electron chi connectivity index (χ0n) is 11.2. The quantitative estimate of drug-likeness (QED) is 0.701. The molecular weight excluding hydrogens is 289 g/mol. The molecule has 0 aliphatic rings. The van der Waals surface area contributed by atoms with E-state index in [9.17, 15) is 18.0 Å². The molecule has 1 amide bonds. The van der Waals surface area contributed by atoms with Crippen molar-refractivity contribution in [2.75, 3.05) is 38.2 Å². The van der Waals surface area contributed by atoms with Crippen molar-refractivity contribution < 1.29 is 28.2 Å². The van der Waals surface area contributed by atoms with E-state index in [0.717, 1.165) is 12.1 Å². The number of nitrogens with one attached hydrogen (secondary N) is 1. The van der Waals surface area contributed by atoms with E-state index in [-0.39, 0.29) is 38.5 Å². The number of nitrogens with zero attached hydrogens (tertiary/aromatic N) is 1. The molecule has 0 aromatic heterocycles. The second-order valence-corrected chi connectivity index (χ2v) is 4.35. The van der Waals surface area contributed by atoms with E-state index in [4.69, 9.17) is 10.2 Å². The van der Waals surface area contributed by atoms with Crippen LogP contribution in [0.25, 0.3) is 0 Å². The molecular formula is C13H17F3N2O3. The molecule has 3 N–H and O–H groups in total. The van der Waals surface area contributed by atoms with Crippen LogP contribution in [0, 0.1) is 0 Å². The molecule has 118 valence electrons. The molecule has 0 aliphatic heterocycles. The van der Waals surface area contributed by atoms with E-state index in [1.54, 1.807) is 0 Å². The Balaban J connectivity index is 2.66. The van der Waals surface area contributed by atoms with Crippen LogP contribution in [0.5, 0.6) is 0 Å². The summed E-state index contributed by atoms with van der Waals surface area (Å²) in [6.07, 6.45) is -4.47. The van der Waals surface area contributed by atoms with Crippen molar-refractivity contribution >= 4 is 11.6 Å². The Morgan fingerprint density at radius 2 is 1.81 bits per heavy atom. The highest BCUT2D eigenvalue weighted by atomic mass is 19.4. The molecule has 0 saturated carbocycles. The highest BCUT2D eigenvalue weighted by Gasteiger charge is 2.30. The van der Waals surface area contributed by atoms with E-state index < -0.39 is 17.6 Å². The van der Waals surface area contributed by atoms with Gasteiger partial charge in [0.25, 0.3) is 0 Å². The van der Waals surface area contributed by atoms with Gasteiger partial charge < -0.3 is 15.5 Å². The number of carbonyl (C=O) groups excluding carboxylic acids is 1. The molecule has 1 aromatic carbocycles. The topological polar surface area (TPSA) is 72.8 Å². The first-order chi connectivity index (χ1) is 9.86. The van der Waals surface area contributed by atoms with Crippen LogP contribution in [0.15, 0.2) is 24.3 Å². The van der Waals surface area contributed by atoms with Crippen molar-refractivity contribution in [3.63, 3.8) is 0 Å². The van der Waals surface area contributed by atoms with Gasteiger partial charge in [-0.15, -0.1) is 0 Å². The third-order valence-corrected chi connectivity index (χ3v) is 2.67. The third kappa shape index (κ3) is 6.11. The Morgan fingerprint density at radius 1 is 1.19 bits per heavy atom. The van der Waals surface area contributed by atoms with Crippen LogP contribution in [0.1, 0.15) is 5.56 Å². The second kappa shape index (κ2) is 7.96. The lowest BCUT2D eigenvalue weighted by molar-refractivity contribution is -0.137. The van der Waals surface area contributed by atoms with Gasteiger partial charge in [-0.1, -0.05) is 6.07 Å². The predicted octanol–water partition coefficient (Wildman–Crippen LogP) is 0.931. The molecule has 0 saturated heterocycles. The van der Waals surface area contributed by atoms with Gasteiger partial charge in [0.1, 0.15) is 0 Å². The summed E-state index contributed by atoms with van der Waals surface area (Å²) in [7, 11) is 0. The summed E-state index contributed by atoms with van der Waals surface area (Å²) in [5.74, 6) is -0.517. The second-order valence-electron chi connectivity index (χ2n) is 4.35. The Hall–Kier alpha value is -1.64. The number of benzene rings is 1. The Kier molecular flexibility index (Phi) is 6.60. The minimum Gasteiger partial charge on any atom is -0.395 e. The minimum absolute atomic E-state index is 0.0442. The van der Waals surface area contributed by atoms with Crippen molar-refractivity contribution in [1.29, 1.82) is 0 Å². The Bertz CT molecular complexity index is 460. The summed E-state index contributed by atoms with van der Waals surface area (Å²) in [4.78, 5) is 13.2. The fraction of sp³-hybridized carbons (Fsp3) is 0.462. The Morgan fingerprint density at radius 3 is 2.33 bits per heavy atom. The van der Waals surface area contributed by atoms with Gasteiger partial charge in [0.2, 0.25) is 5.91 Å². The van der Waals surface area contributed by atoms with Gasteiger partial charge in [0, 0.05) is 18.8 Å². The number of halogens is 3. The standard InChI is InChI=1S/C13H17F3N2O3/c14-13(15,16)10-2-1-3-11(8-10)17-12(21)9-18(4-6-19)5-7-20/h1-3,8,19-20H,4-7,9H2,(H,17,21). The SMILES string of the molecule is O=C(CN(CCO)CCO)Nc1cccc(C(F)(F)F)c1. The number of hydrogen-bond donors (Lipinski definition) is 3. The van der Waals surface area contributed by atoms with Crippen LogP contribution in [0.4, 0.5) is 18.9 Å². The van der Waals surface area contributed by atoms with Gasteiger partial charge in [0.15, 0.2) is 0 Å². The van der Waals surface area contributed by atoms with Crippen molar-refractivity contribution in [3.05, 3.63) is 29.8 Å². The molecule has 5 nitrogen and oxygen atoms in total. The van der Waals surface area contributed by atoms with Gasteiger partial charge >= 0.3 is 6.18 Å². The fourth-order valence-electron chi connectivity index (χ4n) is 1.73. The molecule has 0 atom stereocenters. The first-order valence-electron chi connectivity index (χ1n) is 6.28. The smallest absolute Gasteiger partial charge is 0.395 e. The zero-order chi connectivity index (χ0) is 15.9. The van der Waals surface area contributed by atoms with Crippen LogP contribution in [0.3, 0.4) is 0 Å². The average Bonchev–Trinajstić information content (AvgIpc) is 2.38. The van der Waals surface area contributed by atoms with E-state index in [2.05, 4.69) is 5.32 Å². The summed E-state index contributed by atoms with van der Waals surface area (Å²) in [6.45, 7) is -0.113. The van der Waals surface area contributed by atoms with Crippen molar-refractivity contribution in [3.8, 4) is 0 Å². The van der Waals surface area contributed by atoms with Crippen LogP contribution >= 0.6 is 0 Å². The lowest BCUT2D eigenvalue weighted by atomic mass is 10.2. The zero-order valence-corrected chi connectivity index (χ0v) is 11.2. The largest absolute Gasteiger partial charge is 0.416 e. The molecule has 0 unspecified atom stereocenters. The number of amides is 1. The molecule has 21 heavy (non-hydrogen) atoms. The first kappa shape index (κ1) is 17.4. The predicted molar refractivity (Wildman–Crippen MR) is 70.7 cm³/mol. The maximum absolute atomic E-state index is 12.5. The lowest BCUT2D eigenvalue weighted by Crippen LogP contribution is -2.37. The van der Waals surface area contributed by atoms with E-state index >= 15 is 0 Å². The molecule has 8 heteroatoms. The molecule has 0 aliphatic carbocycles. The minimum atomic E-state index is -4.47. The fourth-order valence-corrected chi connectivity index (χ4v) is 1.73. The van der Waals surface area contributed by atoms with Crippen molar-refractivity contribution in [2.45, 2.75) is 6.18 Å². The number of aliphatic hydroxyl groups is 2. The first-order valence-corrected chi connectivity index (χ1v) is 6.28. The summed E-state index contributed by atoms with van der Waals surface area (Å²) in [5, 5.41) is 20.0. The summed E-state index contributed by atoms with van der Waals surface area (Å²) in [5.41, 5.74) is -0.800. The molecule has 0 radical (unpaired) electrons. The van der Waals surface area contributed by atoms with E-state index in [1.807, 2.05) is 0 Å². The molecule has 0 spiro atoms. The van der Waals surface area contributed by atoms with Crippen molar-refractivity contribution in [1.82, 2.24) is 4.90 Å². The maximum atomic E-state index is 12.5. The summed E-state index contributed by atoms with van der Waals surface area (Å²) in [6, 6.07) is 4.33. The lowest BCUT2D eigenvalue weighted by Gasteiger charge is -2.19. The van der Waals surface area contributed by atoms with Crippen LogP contribution < -0.4 is 5.32 Å². The number of carbonyl (C=O) groups is 1. The van der Waals surface area contributed by atoms with Gasteiger partial charge in [0.05, 0.1) is 25.3 Å². The highest BCUT2D eigenvalue weighted by molar-refractivity contribution is 5.92. The summed E-state index contributed by atoms with van der Waals surface area (Å²) < 4.78 is 37.6. The van der Waals surface area contributed by atoms with Gasteiger partial charge in [-0.05, 0) is 18.2 Å². The van der Waals surface area contributed by atoms with Crippen LogP contribution in [0.2, 0.25) is 0 Å². The summed E-state index contributed by atoms with van der Waals surface area (Å²) >= 11 is 0. The van der Waals surface area contributed by atoms with Crippen LogP contribution in [-0.4, -0.2) is 53.9 Å². The number of anilines is 1. The highest BCUT2D eigenvalue weighted by Crippen LogP contribution is 2.30. The van der Waals surface area contributed by atoms with Crippen LogP contribution in [-0.2, 0) is 11.0 Å². The van der Waals surface area contributed by atoms with Crippen molar-refractivity contribution in [2.24, 2.45) is 0 Å².